The van der Waals surface area contributed by atoms with Gasteiger partial charge in [-0.2, -0.15) is 4.99 Å². The molecule has 0 saturated carbocycles. The Balaban J connectivity index is 2.10. The molecule has 2 aromatic rings. The number of thiazole rings is 1. The highest BCUT2D eigenvalue weighted by molar-refractivity contribution is 7.07. The Bertz CT molecular complexity index is 596. The first-order valence-electron chi connectivity index (χ1n) is 5.49. The fourth-order valence-electron chi connectivity index (χ4n) is 1.50. The molecule has 94 valence electrons. The molecular weight excluding hydrogens is 248 g/mol. The van der Waals surface area contributed by atoms with Crippen LogP contribution in [0, 0.1) is 0 Å². The summed E-state index contributed by atoms with van der Waals surface area (Å²) in [6.07, 6.45) is 2.19. The lowest BCUT2D eigenvalue weighted by Gasteiger charge is -2.00. The van der Waals surface area contributed by atoms with Gasteiger partial charge in [-0.25, -0.2) is 0 Å². The number of rotatable bonds is 3. The minimum atomic E-state index is -0.141. The third-order valence-corrected chi connectivity index (χ3v) is 3.34. The van der Waals surface area contributed by atoms with E-state index in [0.29, 0.717) is 11.2 Å². The summed E-state index contributed by atoms with van der Waals surface area (Å²) in [6.45, 7) is 0. The smallest absolute Gasteiger partial charge is 0.252 e. The van der Waals surface area contributed by atoms with E-state index >= 15 is 0 Å². The highest BCUT2D eigenvalue weighted by Crippen LogP contribution is 2.11. The van der Waals surface area contributed by atoms with Crippen LogP contribution in [0.1, 0.15) is 5.56 Å². The van der Waals surface area contributed by atoms with Gasteiger partial charge in [0.25, 0.3) is 5.91 Å². The lowest BCUT2D eigenvalue weighted by molar-refractivity contribution is -0.117. The molecule has 2 rings (SSSR count). The quantitative estimate of drug-likeness (QED) is 0.846. The Hall–Kier alpha value is -1.88. The molecule has 1 heterocycles. The summed E-state index contributed by atoms with van der Waals surface area (Å²) in [5.41, 5.74) is 0.934. The van der Waals surface area contributed by atoms with Gasteiger partial charge < -0.3 is 9.30 Å². The van der Waals surface area contributed by atoms with E-state index in [0.717, 1.165) is 11.3 Å². The maximum Gasteiger partial charge on any atom is 0.252 e. The van der Waals surface area contributed by atoms with E-state index in [1.807, 2.05) is 47.5 Å². The van der Waals surface area contributed by atoms with Crippen molar-refractivity contribution in [3.8, 4) is 5.75 Å². The van der Waals surface area contributed by atoms with Crippen LogP contribution in [-0.4, -0.2) is 17.6 Å². The van der Waals surface area contributed by atoms with Crippen LogP contribution in [0.25, 0.3) is 0 Å². The number of amides is 1. The second kappa shape index (κ2) is 5.64. The minimum Gasteiger partial charge on any atom is -0.497 e. The van der Waals surface area contributed by atoms with Gasteiger partial charge in [-0.15, -0.1) is 11.3 Å². The van der Waals surface area contributed by atoms with Crippen molar-refractivity contribution in [2.45, 2.75) is 6.42 Å². The van der Waals surface area contributed by atoms with Crippen LogP contribution in [0.15, 0.2) is 40.8 Å². The summed E-state index contributed by atoms with van der Waals surface area (Å²) in [7, 11) is 3.49. The first kappa shape index (κ1) is 12.6. The van der Waals surface area contributed by atoms with Gasteiger partial charge in [-0.1, -0.05) is 12.1 Å². The predicted octanol–water partition coefficient (Wildman–Crippen LogP) is 1.77. The zero-order chi connectivity index (χ0) is 13.0. The standard InChI is InChI=1S/C13H14N2O2S/c1-15-7-8-18-13(15)14-12(16)9-10-3-5-11(17-2)6-4-10/h3-8H,9H2,1-2H3. The summed E-state index contributed by atoms with van der Waals surface area (Å²) in [4.78, 5) is 16.6. The maximum atomic E-state index is 11.8. The van der Waals surface area contributed by atoms with Crippen LogP contribution < -0.4 is 9.54 Å². The molecule has 0 saturated heterocycles. The van der Waals surface area contributed by atoms with Gasteiger partial charge in [-0.3, -0.25) is 4.79 Å². The SMILES string of the molecule is COc1ccc(CC(=O)N=c2sccn2C)cc1. The molecule has 1 amide bonds. The zero-order valence-electron chi connectivity index (χ0n) is 10.3. The average molecular weight is 262 g/mol. The Morgan fingerprint density at radius 1 is 1.39 bits per heavy atom. The number of carbonyl (C=O) groups excluding carboxylic acids is 1. The molecule has 5 heteroatoms. The lowest BCUT2D eigenvalue weighted by atomic mass is 10.1. The van der Waals surface area contributed by atoms with E-state index in [-0.39, 0.29) is 5.91 Å². The molecule has 0 aliphatic heterocycles. The number of carbonyl (C=O) groups is 1. The van der Waals surface area contributed by atoms with E-state index in [1.54, 1.807) is 7.11 Å². The van der Waals surface area contributed by atoms with E-state index in [4.69, 9.17) is 4.74 Å². The molecule has 1 aromatic heterocycles. The third-order valence-electron chi connectivity index (χ3n) is 2.49. The van der Waals surface area contributed by atoms with Crippen molar-refractivity contribution < 1.29 is 9.53 Å². The van der Waals surface area contributed by atoms with Crippen molar-refractivity contribution >= 4 is 17.2 Å². The number of ether oxygens (including phenoxy) is 1. The van der Waals surface area contributed by atoms with Crippen molar-refractivity contribution in [2.75, 3.05) is 7.11 Å². The van der Waals surface area contributed by atoms with Gasteiger partial charge >= 0.3 is 0 Å². The molecule has 0 aliphatic rings. The van der Waals surface area contributed by atoms with Crippen LogP contribution >= 0.6 is 11.3 Å². The van der Waals surface area contributed by atoms with Crippen LogP contribution in [0.5, 0.6) is 5.75 Å². The molecule has 1 aromatic carbocycles. The van der Waals surface area contributed by atoms with Crippen LogP contribution in [0.2, 0.25) is 0 Å². The Morgan fingerprint density at radius 2 is 2.11 bits per heavy atom. The molecule has 0 N–H and O–H groups in total. The molecule has 0 bridgehead atoms. The van der Waals surface area contributed by atoms with Gasteiger partial charge in [0.2, 0.25) is 0 Å². The van der Waals surface area contributed by atoms with Crippen molar-refractivity contribution in [3.63, 3.8) is 0 Å². The second-order valence-corrected chi connectivity index (χ2v) is 4.70. The van der Waals surface area contributed by atoms with Crippen molar-refractivity contribution in [2.24, 2.45) is 12.0 Å². The molecule has 0 spiro atoms. The first-order chi connectivity index (χ1) is 8.69. The van der Waals surface area contributed by atoms with E-state index in [2.05, 4.69) is 4.99 Å². The average Bonchev–Trinajstić information content (AvgIpc) is 2.76. The summed E-state index contributed by atoms with van der Waals surface area (Å²) < 4.78 is 6.90. The predicted molar refractivity (Wildman–Crippen MR) is 70.6 cm³/mol. The van der Waals surface area contributed by atoms with Crippen LogP contribution in [0.3, 0.4) is 0 Å². The highest BCUT2D eigenvalue weighted by atomic mass is 32.1. The molecule has 0 unspecified atom stereocenters. The molecule has 0 radical (unpaired) electrons. The molecule has 4 nitrogen and oxygen atoms in total. The number of hydrogen-bond acceptors (Lipinski definition) is 3. The highest BCUT2D eigenvalue weighted by Gasteiger charge is 2.02. The number of nitrogens with zero attached hydrogens (tertiary/aromatic N) is 2. The summed E-state index contributed by atoms with van der Waals surface area (Å²) >= 11 is 1.45. The summed E-state index contributed by atoms with van der Waals surface area (Å²) in [5, 5.41) is 1.90. The fraction of sp³-hybridized carbons (Fsp3) is 0.231. The molecule has 0 aliphatic carbocycles. The Labute approximate surface area is 109 Å². The van der Waals surface area contributed by atoms with Gasteiger partial charge in [0.1, 0.15) is 5.75 Å². The van der Waals surface area contributed by atoms with Gasteiger partial charge in [0.05, 0.1) is 13.5 Å². The zero-order valence-corrected chi connectivity index (χ0v) is 11.1. The van der Waals surface area contributed by atoms with Crippen LogP contribution in [-0.2, 0) is 18.3 Å². The molecular formula is C13H14N2O2S. The van der Waals surface area contributed by atoms with Crippen LogP contribution in [0.4, 0.5) is 0 Å². The van der Waals surface area contributed by atoms with Gasteiger partial charge in [0.15, 0.2) is 4.80 Å². The Kier molecular flexibility index (Phi) is 3.94. The van der Waals surface area contributed by atoms with E-state index < -0.39 is 0 Å². The van der Waals surface area contributed by atoms with E-state index in [9.17, 15) is 4.79 Å². The topological polar surface area (TPSA) is 43.6 Å². The fourth-order valence-corrected chi connectivity index (χ4v) is 2.25. The molecule has 0 fully saturated rings. The van der Waals surface area contributed by atoms with Gasteiger partial charge in [-0.05, 0) is 17.7 Å². The lowest BCUT2D eigenvalue weighted by Crippen LogP contribution is -2.13. The monoisotopic (exact) mass is 262 g/mol. The summed E-state index contributed by atoms with van der Waals surface area (Å²) in [6, 6.07) is 7.43. The number of aryl methyl sites for hydroxylation is 1. The maximum absolute atomic E-state index is 11.8. The molecule has 0 atom stereocenters. The number of benzene rings is 1. The third kappa shape index (κ3) is 3.07. The summed E-state index contributed by atoms with van der Waals surface area (Å²) in [5.74, 6) is 0.644. The number of methoxy groups -OCH3 is 1. The second-order valence-electron chi connectivity index (χ2n) is 3.83. The first-order valence-corrected chi connectivity index (χ1v) is 6.37. The normalized spacial score (nSPS) is 11.6. The minimum absolute atomic E-state index is 0.141. The number of aromatic nitrogens is 1. The Morgan fingerprint density at radius 3 is 2.67 bits per heavy atom. The largest absolute Gasteiger partial charge is 0.497 e. The van der Waals surface area contributed by atoms with E-state index in [1.165, 1.54) is 11.3 Å². The van der Waals surface area contributed by atoms with Crippen molar-refractivity contribution in [3.05, 3.63) is 46.2 Å². The number of hydrogen-bond donors (Lipinski definition) is 0. The molecule has 18 heavy (non-hydrogen) atoms. The van der Waals surface area contributed by atoms with Gasteiger partial charge in [0, 0.05) is 18.6 Å². The van der Waals surface area contributed by atoms with Crippen molar-refractivity contribution in [1.29, 1.82) is 0 Å². The van der Waals surface area contributed by atoms with Crippen molar-refractivity contribution in [1.82, 2.24) is 4.57 Å².